The van der Waals surface area contributed by atoms with Crippen LogP contribution in [0.5, 0.6) is 0 Å². The van der Waals surface area contributed by atoms with Crippen LogP contribution in [-0.2, 0) is 9.84 Å². The number of Topliss-reactive ketones (excluding diaryl/α,β-unsaturated/α-hetero) is 1. The fraction of sp³-hybridized carbons (Fsp3) is 0.222. The third kappa shape index (κ3) is 3.08. The van der Waals surface area contributed by atoms with Crippen molar-refractivity contribution in [2.75, 3.05) is 12.0 Å². The van der Waals surface area contributed by atoms with Gasteiger partial charge in [-0.25, -0.2) is 17.2 Å². The first kappa shape index (κ1) is 13.2. The number of halogens is 3. The number of hydrogen-bond donors (Lipinski definition) is 0. The SMILES string of the molecule is CS(=O)(=O)CC(=O)c1ccc(Br)c(F)c1F. The summed E-state index contributed by atoms with van der Waals surface area (Å²) >= 11 is 2.75. The smallest absolute Gasteiger partial charge is 0.180 e. The maximum absolute atomic E-state index is 13.3. The third-order valence-corrected chi connectivity index (χ3v) is 3.13. The second-order valence-corrected chi connectivity index (χ2v) is 6.21. The van der Waals surface area contributed by atoms with Crippen LogP contribution >= 0.6 is 15.9 Å². The quantitative estimate of drug-likeness (QED) is 0.633. The first-order valence-electron chi connectivity index (χ1n) is 4.07. The molecule has 0 spiro atoms. The van der Waals surface area contributed by atoms with Crippen LogP contribution in [0.4, 0.5) is 8.78 Å². The summed E-state index contributed by atoms with van der Waals surface area (Å²) in [4.78, 5) is 11.3. The van der Waals surface area contributed by atoms with Gasteiger partial charge in [0.25, 0.3) is 0 Å². The van der Waals surface area contributed by atoms with Gasteiger partial charge in [0.15, 0.2) is 27.3 Å². The molecule has 0 N–H and O–H groups in total. The van der Waals surface area contributed by atoms with Crippen molar-refractivity contribution >= 4 is 31.6 Å². The van der Waals surface area contributed by atoms with Gasteiger partial charge in [0, 0.05) is 6.26 Å². The summed E-state index contributed by atoms with van der Waals surface area (Å²) in [5, 5.41) is 0. The molecule has 0 aliphatic heterocycles. The van der Waals surface area contributed by atoms with E-state index in [-0.39, 0.29) is 4.47 Å². The summed E-state index contributed by atoms with van der Waals surface area (Å²) in [5.41, 5.74) is -0.564. The molecule has 0 saturated carbocycles. The third-order valence-electron chi connectivity index (χ3n) is 1.73. The molecule has 0 heterocycles. The molecule has 0 unspecified atom stereocenters. The van der Waals surface area contributed by atoms with Crippen molar-refractivity contribution in [3.63, 3.8) is 0 Å². The molecular weight excluding hydrogens is 306 g/mol. The van der Waals surface area contributed by atoms with E-state index in [1.165, 1.54) is 0 Å². The number of ketones is 1. The number of sulfone groups is 1. The molecule has 0 aliphatic carbocycles. The van der Waals surface area contributed by atoms with Crippen molar-refractivity contribution in [1.29, 1.82) is 0 Å². The molecule has 88 valence electrons. The van der Waals surface area contributed by atoms with Crippen molar-refractivity contribution in [2.45, 2.75) is 0 Å². The summed E-state index contributed by atoms with van der Waals surface area (Å²) in [6.07, 6.45) is 0.845. The largest absolute Gasteiger partial charge is 0.293 e. The molecule has 0 aromatic heterocycles. The normalized spacial score (nSPS) is 11.5. The molecular formula is C9H7BrF2O3S. The molecule has 1 aromatic carbocycles. The lowest BCUT2D eigenvalue weighted by Gasteiger charge is -2.03. The van der Waals surface area contributed by atoms with Gasteiger partial charge in [-0.3, -0.25) is 4.79 Å². The van der Waals surface area contributed by atoms with E-state index in [0.29, 0.717) is 0 Å². The standard InChI is InChI=1S/C9H7BrF2O3S/c1-16(14,15)4-7(13)5-2-3-6(10)9(12)8(5)11/h2-3H,4H2,1H3. The lowest BCUT2D eigenvalue weighted by atomic mass is 10.1. The minimum atomic E-state index is -3.56. The Morgan fingerprint density at radius 1 is 1.31 bits per heavy atom. The predicted octanol–water partition coefficient (Wildman–Crippen LogP) is 1.95. The minimum absolute atomic E-state index is 0.124. The highest BCUT2D eigenvalue weighted by molar-refractivity contribution is 9.10. The number of hydrogen-bond acceptors (Lipinski definition) is 3. The van der Waals surface area contributed by atoms with Gasteiger partial charge >= 0.3 is 0 Å². The van der Waals surface area contributed by atoms with Gasteiger partial charge in [-0.05, 0) is 28.1 Å². The molecule has 0 bridgehead atoms. The zero-order valence-corrected chi connectivity index (χ0v) is 10.5. The van der Waals surface area contributed by atoms with Gasteiger partial charge in [-0.1, -0.05) is 0 Å². The van der Waals surface area contributed by atoms with E-state index in [4.69, 9.17) is 0 Å². The Hall–Kier alpha value is -0.820. The summed E-state index contributed by atoms with van der Waals surface area (Å²) in [7, 11) is -3.56. The first-order valence-corrected chi connectivity index (χ1v) is 6.92. The molecule has 1 rings (SSSR count). The van der Waals surface area contributed by atoms with E-state index >= 15 is 0 Å². The van der Waals surface area contributed by atoms with Crippen molar-refractivity contribution < 1.29 is 22.0 Å². The Kier molecular flexibility index (Phi) is 3.80. The van der Waals surface area contributed by atoms with Crippen LogP contribution in [0, 0.1) is 11.6 Å². The number of benzene rings is 1. The fourth-order valence-corrected chi connectivity index (χ4v) is 2.00. The van der Waals surface area contributed by atoms with Crippen LogP contribution in [0.3, 0.4) is 0 Å². The second kappa shape index (κ2) is 4.58. The topological polar surface area (TPSA) is 51.2 Å². The average Bonchev–Trinajstić information content (AvgIpc) is 2.11. The Labute approximate surface area is 99.5 Å². The maximum atomic E-state index is 13.3. The van der Waals surface area contributed by atoms with Crippen molar-refractivity contribution in [3.8, 4) is 0 Å². The molecule has 0 fully saturated rings. The van der Waals surface area contributed by atoms with Crippen LogP contribution in [0.15, 0.2) is 16.6 Å². The highest BCUT2D eigenvalue weighted by Crippen LogP contribution is 2.21. The van der Waals surface area contributed by atoms with Crippen LogP contribution in [-0.4, -0.2) is 26.2 Å². The summed E-state index contributed by atoms with van der Waals surface area (Å²) in [6, 6.07) is 2.18. The average molecular weight is 313 g/mol. The van der Waals surface area contributed by atoms with E-state index in [1.807, 2.05) is 0 Å². The Balaban J connectivity index is 3.16. The van der Waals surface area contributed by atoms with Crippen LogP contribution in [0.2, 0.25) is 0 Å². The molecule has 0 radical (unpaired) electrons. The van der Waals surface area contributed by atoms with Crippen LogP contribution in [0.25, 0.3) is 0 Å². The monoisotopic (exact) mass is 312 g/mol. The van der Waals surface area contributed by atoms with E-state index in [2.05, 4.69) is 15.9 Å². The van der Waals surface area contributed by atoms with E-state index in [9.17, 15) is 22.0 Å². The molecule has 0 atom stereocenters. The number of carbonyl (C=O) groups is 1. The van der Waals surface area contributed by atoms with E-state index in [1.54, 1.807) is 0 Å². The van der Waals surface area contributed by atoms with Crippen LogP contribution < -0.4 is 0 Å². The number of rotatable bonds is 3. The number of carbonyl (C=O) groups excluding carboxylic acids is 1. The molecule has 0 amide bonds. The molecule has 3 nitrogen and oxygen atoms in total. The maximum Gasteiger partial charge on any atom is 0.180 e. The lowest BCUT2D eigenvalue weighted by Crippen LogP contribution is -2.16. The molecule has 16 heavy (non-hydrogen) atoms. The van der Waals surface area contributed by atoms with Gasteiger partial charge < -0.3 is 0 Å². The van der Waals surface area contributed by atoms with Gasteiger partial charge in [-0.15, -0.1) is 0 Å². The summed E-state index contributed by atoms with van der Waals surface area (Å²) in [5.74, 6) is -4.36. The van der Waals surface area contributed by atoms with Crippen molar-refractivity contribution in [2.24, 2.45) is 0 Å². The minimum Gasteiger partial charge on any atom is -0.293 e. The van der Waals surface area contributed by atoms with E-state index in [0.717, 1.165) is 18.4 Å². The predicted molar refractivity (Wildman–Crippen MR) is 58.1 cm³/mol. The van der Waals surface area contributed by atoms with Gasteiger partial charge in [0.05, 0.1) is 10.0 Å². The van der Waals surface area contributed by atoms with Crippen molar-refractivity contribution in [1.82, 2.24) is 0 Å². The van der Waals surface area contributed by atoms with Gasteiger partial charge in [-0.2, -0.15) is 0 Å². The van der Waals surface area contributed by atoms with Crippen molar-refractivity contribution in [3.05, 3.63) is 33.8 Å². The Morgan fingerprint density at radius 2 is 1.88 bits per heavy atom. The lowest BCUT2D eigenvalue weighted by molar-refractivity contribution is 0.101. The highest BCUT2D eigenvalue weighted by Gasteiger charge is 2.20. The second-order valence-electron chi connectivity index (χ2n) is 3.22. The Morgan fingerprint density at radius 3 is 2.38 bits per heavy atom. The summed E-state index contributed by atoms with van der Waals surface area (Å²) < 4.78 is 47.9. The van der Waals surface area contributed by atoms with E-state index < -0.39 is 38.6 Å². The molecule has 0 saturated heterocycles. The zero-order chi connectivity index (χ0) is 12.5. The molecule has 1 aromatic rings. The fourth-order valence-electron chi connectivity index (χ4n) is 1.06. The molecule has 0 aliphatic rings. The van der Waals surface area contributed by atoms with Gasteiger partial charge in [0.2, 0.25) is 0 Å². The van der Waals surface area contributed by atoms with Crippen LogP contribution in [0.1, 0.15) is 10.4 Å². The highest BCUT2D eigenvalue weighted by atomic mass is 79.9. The summed E-state index contributed by atoms with van der Waals surface area (Å²) in [6.45, 7) is 0. The van der Waals surface area contributed by atoms with Gasteiger partial charge in [0.1, 0.15) is 5.75 Å². The zero-order valence-electron chi connectivity index (χ0n) is 8.13. The first-order chi connectivity index (χ1) is 7.22. The molecule has 7 heteroatoms. The Bertz CT molecular complexity index is 540.